The van der Waals surface area contributed by atoms with Gasteiger partial charge in [0.25, 0.3) is 5.69 Å². The molecule has 0 amide bonds. The van der Waals surface area contributed by atoms with Crippen LogP contribution < -0.4 is 5.32 Å². The van der Waals surface area contributed by atoms with E-state index in [4.69, 9.17) is 5.11 Å². The Balaban J connectivity index is 3.30. The molecule has 7 heteroatoms. The smallest absolute Gasteiger partial charge is 0.336 e. The molecule has 0 aliphatic carbocycles. The molecule has 0 fully saturated rings. The van der Waals surface area contributed by atoms with Gasteiger partial charge in [0.15, 0.2) is 0 Å². The van der Waals surface area contributed by atoms with E-state index in [-0.39, 0.29) is 29.8 Å². The zero-order chi connectivity index (χ0) is 15.4. The first-order valence-corrected chi connectivity index (χ1v) is 6.17. The maximum Gasteiger partial charge on any atom is 0.336 e. The zero-order valence-corrected chi connectivity index (χ0v) is 11.6. The van der Waals surface area contributed by atoms with Crippen molar-refractivity contribution in [2.75, 3.05) is 11.9 Å². The fourth-order valence-electron chi connectivity index (χ4n) is 1.78. The quantitative estimate of drug-likeness (QED) is 0.543. The van der Waals surface area contributed by atoms with Gasteiger partial charge in [-0.05, 0) is 18.9 Å². The number of carbonyl (C=O) groups is 1. The third-order valence-electron chi connectivity index (χ3n) is 3.17. The Labute approximate surface area is 116 Å². The highest BCUT2D eigenvalue weighted by Gasteiger charge is 2.21. The van der Waals surface area contributed by atoms with Crippen LogP contribution in [0.2, 0.25) is 0 Å². The van der Waals surface area contributed by atoms with E-state index >= 15 is 0 Å². The number of carboxylic acids is 1. The van der Waals surface area contributed by atoms with E-state index in [2.05, 4.69) is 5.32 Å². The summed E-state index contributed by atoms with van der Waals surface area (Å²) in [4.78, 5) is 21.4. The summed E-state index contributed by atoms with van der Waals surface area (Å²) in [5.41, 5.74) is 0.279. The van der Waals surface area contributed by atoms with Crippen LogP contribution in [0, 0.1) is 23.0 Å². The highest BCUT2D eigenvalue weighted by molar-refractivity contribution is 5.90. The molecule has 1 atom stereocenters. The Bertz CT molecular complexity index is 528. The highest BCUT2D eigenvalue weighted by atomic mass is 16.6. The molecule has 0 aliphatic heterocycles. The Morgan fingerprint density at radius 3 is 2.45 bits per heavy atom. The Kier molecular flexibility index (Phi) is 5.04. The minimum absolute atomic E-state index is 0.0898. The van der Waals surface area contributed by atoms with Gasteiger partial charge in [0.2, 0.25) is 0 Å². The number of nitro groups is 1. The lowest BCUT2D eigenvalue weighted by Crippen LogP contribution is -2.30. The van der Waals surface area contributed by atoms with Gasteiger partial charge in [-0.15, -0.1) is 0 Å². The number of carboxylic acid groups (broad SMARTS) is 1. The molecule has 0 aromatic heterocycles. The minimum Gasteiger partial charge on any atom is -0.478 e. The molecule has 0 spiro atoms. The van der Waals surface area contributed by atoms with Crippen molar-refractivity contribution in [1.82, 2.24) is 0 Å². The second-order valence-corrected chi connectivity index (χ2v) is 4.91. The van der Waals surface area contributed by atoms with Gasteiger partial charge < -0.3 is 15.5 Å². The molecule has 0 bridgehead atoms. The molecule has 1 rings (SSSR count). The molecule has 0 saturated heterocycles. The van der Waals surface area contributed by atoms with E-state index in [0.717, 1.165) is 6.07 Å². The summed E-state index contributed by atoms with van der Waals surface area (Å²) in [6.45, 7) is 5.17. The number of hydrogen-bond donors (Lipinski definition) is 3. The van der Waals surface area contributed by atoms with Crippen LogP contribution in [0.25, 0.3) is 0 Å². The number of nitro benzene ring substituents is 1. The molecule has 110 valence electrons. The topological polar surface area (TPSA) is 113 Å². The van der Waals surface area contributed by atoms with Gasteiger partial charge in [0, 0.05) is 17.3 Å². The number of aliphatic hydroxyl groups excluding tert-OH is 1. The van der Waals surface area contributed by atoms with Crippen molar-refractivity contribution < 1.29 is 19.9 Å². The maximum absolute atomic E-state index is 11.0. The molecule has 7 nitrogen and oxygen atoms in total. The summed E-state index contributed by atoms with van der Waals surface area (Å²) in [7, 11) is 0. The first kappa shape index (κ1) is 15.9. The van der Waals surface area contributed by atoms with Crippen molar-refractivity contribution >= 4 is 17.3 Å². The fraction of sp³-hybridized carbons (Fsp3) is 0.462. The van der Waals surface area contributed by atoms with Gasteiger partial charge in [0.05, 0.1) is 23.1 Å². The summed E-state index contributed by atoms with van der Waals surface area (Å²) in [6, 6.07) is 2.07. The van der Waals surface area contributed by atoms with Crippen molar-refractivity contribution in [3.8, 4) is 0 Å². The number of aliphatic hydroxyl groups is 1. The van der Waals surface area contributed by atoms with Gasteiger partial charge in [-0.1, -0.05) is 13.8 Å². The lowest BCUT2D eigenvalue weighted by atomic mass is 10.0. The fourth-order valence-corrected chi connectivity index (χ4v) is 1.78. The minimum atomic E-state index is -1.23. The van der Waals surface area contributed by atoms with Crippen LogP contribution in [0.4, 0.5) is 11.4 Å². The number of rotatable bonds is 6. The summed E-state index contributed by atoms with van der Waals surface area (Å²) in [5, 5.41) is 32.2. The average Bonchev–Trinajstić information content (AvgIpc) is 2.36. The van der Waals surface area contributed by atoms with Crippen molar-refractivity contribution in [2.24, 2.45) is 5.92 Å². The summed E-state index contributed by atoms with van der Waals surface area (Å²) in [6.07, 6.45) is 0. The normalized spacial score (nSPS) is 12.2. The molecule has 20 heavy (non-hydrogen) atoms. The SMILES string of the molecule is Cc1c(N[C@H](CO)C(C)C)cc(C(=O)O)cc1[N+](=O)[O-]. The van der Waals surface area contributed by atoms with Crippen LogP contribution in [0.3, 0.4) is 0 Å². The van der Waals surface area contributed by atoms with E-state index in [0.29, 0.717) is 11.3 Å². The maximum atomic E-state index is 11.0. The van der Waals surface area contributed by atoms with Crippen LogP contribution in [-0.4, -0.2) is 33.8 Å². The number of nitrogens with one attached hydrogen (secondary N) is 1. The first-order chi connectivity index (χ1) is 9.27. The third kappa shape index (κ3) is 3.45. The molecule has 0 radical (unpaired) electrons. The molecular formula is C13H18N2O5. The predicted molar refractivity (Wildman–Crippen MR) is 74.1 cm³/mol. The van der Waals surface area contributed by atoms with E-state index in [1.807, 2.05) is 13.8 Å². The van der Waals surface area contributed by atoms with Crippen LogP contribution in [0.15, 0.2) is 12.1 Å². The lowest BCUT2D eigenvalue weighted by molar-refractivity contribution is -0.385. The van der Waals surface area contributed by atoms with E-state index in [1.54, 1.807) is 6.92 Å². The number of benzene rings is 1. The van der Waals surface area contributed by atoms with Crippen molar-refractivity contribution in [3.63, 3.8) is 0 Å². The molecule has 0 heterocycles. The van der Waals surface area contributed by atoms with Gasteiger partial charge in [-0.3, -0.25) is 10.1 Å². The molecule has 3 N–H and O–H groups in total. The van der Waals surface area contributed by atoms with Gasteiger partial charge in [-0.2, -0.15) is 0 Å². The Morgan fingerprint density at radius 2 is 2.05 bits per heavy atom. The van der Waals surface area contributed by atoms with Gasteiger partial charge >= 0.3 is 5.97 Å². The van der Waals surface area contributed by atoms with E-state index in [9.17, 15) is 20.0 Å². The van der Waals surface area contributed by atoms with Crippen LogP contribution in [0.5, 0.6) is 0 Å². The first-order valence-electron chi connectivity index (χ1n) is 6.17. The highest BCUT2D eigenvalue weighted by Crippen LogP contribution is 2.29. The summed E-state index contributed by atoms with van der Waals surface area (Å²) >= 11 is 0. The van der Waals surface area contributed by atoms with Crippen LogP contribution in [0.1, 0.15) is 29.8 Å². The number of nitrogens with zero attached hydrogens (tertiary/aromatic N) is 1. The summed E-state index contributed by atoms with van der Waals surface area (Å²) < 4.78 is 0. The molecule has 1 aromatic carbocycles. The largest absolute Gasteiger partial charge is 0.478 e. The van der Waals surface area contributed by atoms with Crippen molar-refractivity contribution in [2.45, 2.75) is 26.8 Å². The monoisotopic (exact) mass is 282 g/mol. The van der Waals surface area contributed by atoms with E-state index in [1.165, 1.54) is 6.07 Å². The third-order valence-corrected chi connectivity index (χ3v) is 3.17. The molecule has 0 saturated carbocycles. The number of hydrogen-bond acceptors (Lipinski definition) is 5. The van der Waals surface area contributed by atoms with Crippen molar-refractivity contribution in [1.29, 1.82) is 0 Å². The lowest BCUT2D eigenvalue weighted by Gasteiger charge is -2.22. The van der Waals surface area contributed by atoms with Crippen molar-refractivity contribution in [3.05, 3.63) is 33.4 Å². The number of aromatic carboxylic acids is 1. The standard InChI is InChI=1S/C13H18N2O5/c1-7(2)11(6-16)14-10-4-9(13(17)18)5-12(8(10)3)15(19)20/h4-5,7,11,14,16H,6H2,1-3H3,(H,17,18)/t11-/m1/s1. The van der Waals surface area contributed by atoms with Crippen LogP contribution >= 0.6 is 0 Å². The predicted octanol–water partition coefficient (Wildman–Crippen LogP) is 2.03. The summed E-state index contributed by atoms with van der Waals surface area (Å²) in [5.74, 6) is -1.15. The number of anilines is 1. The van der Waals surface area contributed by atoms with Gasteiger partial charge in [0.1, 0.15) is 0 Å². The second kappa shape index (κ2) is 6.33. The Hall–Kier alpha value is -2.15. The molecule has 0 unspecified atom stereocenters. The second-order valence-electron chi connectivity index (χ2n) is 4.91. The zero-order valence-electron chi connectivity index (χ0n) is 11.6. The molecule has 1 aromatic rings. The van der Waals surface area contributed by atoms with E-state index < -0.39 is 10.9 Å². The van der Waals surface area contributed by atoms with Crippen LogP contribution in [-0.2, 0) is 0 Å². The Morgan fingerprint density at radius 1 is 1.45 bits per heavy atom. The molecular weight excluding hydrogens is 264 g/mol. The average molecular weight is 282 g/mol. The molecule has 0 aliphatic rings. The van der Waals surface area contributed by atoms with Gasteiger partial charge in [-0.25, -0.2) is 4.79 Å².